The van der Waals surface area contributed by atoms with Gasteiger partial charge in [-0.25, -0.2) is 4.98 Å². The van der Waals surface area contributed by atoms with Crippen molar-refractivity contribution < 1.29 is 14.3 Å². The summed E-state index contributed by atoms with van der Waals surface area (Å²) in [5, 5.41) is 6.15. The SMILES string of the molecule is COc1cccc(NC(=O)c2ccnc(NCCN3CCOCC3)c2)c1. The number of pyridine rings is 1. The molecule has 7 heteroatoms. The minimum Gasteiger partial charge on any atom is -0.497 e. The van der Waals surface area contributed by atoms with Crippen molar-refractivity contribution in [2.24, 2.45) is 0 Å². The van der Waals surface area contributed by atoms with E-state index in [0.717, 1.165) is 39.4 Å². The summed E-state index contributed by atoms with van der Waals surface area (Å²) < 4.78 is 10.5. The molecule has 2 heterocycles. The minimum atomic E-state index is -0.183. The van der Waals surface area contributed by atoms with E-state index in [1.165, 1.54) is 0 Å². The Bertz CT molecular complexity index is 732. The van der Waals surface area contributed by atoms with Crippen LogP contribution in [0.3, 0.4) is 0 Å². The third-order valence-electron chi connectivity index (χ3n) is 4.19. The molecule has 1 aromatic heterocycles. The second-order valence-corrected chi connectivity index (χ2v) is 6.00. The summed E-state index contributed by atoms with van der Waals surface area (Å²) in [5.41, 5.74) is 1.24. The van der Waals surface area contributed by atoms with Gasteiger partial charge in [0.15, 0.2) is 0 Å². The lowest BCUT2D eigenvalue weighted by Crippen LogP contribution is -2.39. The second-order valence-electron chi connectivity index (χ2n) is 6.00. The Morgan fingerprint density at radius 1 is 1.27 bits per heavy atom. The molecule has 0 saturated carbocycles. The monoisotopic (exact) mass is 356 g/mol. The van der Waals surface area contributed by atoms with Gasteiger partial charge in [-0.2, -0.15) is 0 Å². The Morgan fingerprint density at radius 3 is 2.92 bits per heavy atom. The molecule has 7 nitrogen and oxygen atoms in total. The van der Waals surface area contributed by atoms with Crippen LogP contribution in [0.2, 0.25) is 0 Å². The average molecular weight is 356 g/mol. The Kier molecular flexibility index (Phi) is 6.40. The Morgan fingerprint density at radius 2 is 2.12 bits per heavy atom. The normalized spacial score (nSPS) is 14.7. The summed E-state index contributed by atoms with van der Waals surface area (Å²) >= 11 is 0. The maximum Gasteiger partial charge on any atom is 0.255 e. The van der Waals surface area contributed by atoms with Crippen molar-refractivity contribution in [3.8, 4) is 5.75 Å². The lowest BCUT2D eigenvalue weighted by Gasteiger charge is -2.26. The summed E-state index contributed by atoms with van der Waals surface area (Å²) in [6.45, 7) is 5.19. The van der Waals surface area contributed by atoms with E-state index < -0.39 is 0 Å². The standard InChI is InChI=1S/C19H24N4O3/c1-25-17-4-2-3-16(14-17)22-19(24)15-5-6-20-18(13-15)21-7-8-23-9-11-26-12-10-23/h2-6,13-14H,7-12H2,1H3,(H,20,21)(H,22,24). The van der Waals surface area contributed by atoms with Crippen LogP contribution in [0.4, 0.5) is 11.5 Å². The zero-order valence-electron chi connectivity index (χ0n) is 14.9. The number of carbonyl (C=O) groups is 1. The third-order valence-corrected chi connectivity index (χ3v) is 4.19. The second kappa shape index (κ2) is 9.17. The van der Waals surface area contributed by atoms with Crippen molar-refractivity contribution in [1.82, 2.24) is 9.88 Å². The van der Waals surface area contributed by atoms with E-state index in [2.05, 4.69) is 20.5 Å². The number of aromatic nitrogens is 1. The fourth-order valence-corrected chi connectivity index (χ4v) is 2.74. The Balaban J connectivity index is 1.54. The highest BCUT2D eigenvalue weighted by atomic mass is 16.5. The number of nitrogens with one attached hydrogen (secondary N) is 2. The first-order valence-corrected chi connectivity index (χ1v) is 8.70. The van der Waals surface area contributed by atoms with E-state index >= 15 is 0 Å². The van der Waals surface area contributed by atoms with Crippen molar-refractivity contribution in [1.29, 1.82) is 0 Å². The quantitative estimate of drug-likeness (QED) is 0.791. The number of amides is 1. The molecule has 1 fully saturated rings. The third kappa shape index (κ3) is 5.18. The summed E-state index contributed by atoms with van der Waals surface area (Å²) in [6.07, 6.45) is 1.64. The molecule has 26 heavy (non-hydrogen) atoms. The van der Waals surface area contributed by atoms with Crippen LogP contribution in [0.5, 0.6) is 5.75 Å². The van der Waals surface area contributed by atoms with Gasteiger partial charge in [-0.3, -0.25) is 9.69 Å². The lowest BCUT2D eigenvalue weighted by atomic mass is 10.2. The highest BCUT2D eigenvalue weighted by Gasteiger charge is 2.11. The van der Waals surface area contributed by atoms with E-state index in [4.69, 9.17) is 9.47 Å². The van der Waals surface area contributed by atoms with Gasteiger partial charge in [0.05, 0.1) is 20.3 Å². The molecule has 0 aliphatic carbocycles. The summed E-state index contributed by atoms with van der Waals surface area (Å²) in [6, 6.07) is 10.7. The molecule has 1 saturated heterocycles. The number of anilines is 2. The van der Waals surface area contributed by atoms with Gasteiger partial charge < -0.3 is 20.1 Å². The van der Waals surface area contributed by atoms with Gasteiger partial charge in [0.2, 0.25) is 0 Å². The number of morpholine rings is 1. The molecule has 0 bridgehead atoms. The molecule has 0 unspecified atom stereocenters. The lowest BCUT2D eigenvalue weighted by molar-refractivity contribution is 0.0398. The summed E-state index contributed by atoms with van der Waals surface area (Å²) in [4.78, 5) is 19.1. The van der Waals surface area contributed by atoms with Gasteiger partial charge in [0, 0.05) is 49.7 Å². The summed E-state index contributed by atoms with van der Waals surface area (Å²) in [7, 11) is 1.60. The minimum absolute atomic E-state index is 0.183. The van der Waals surface area contributed by atoms with E-state index in [-0.39, 0.29) is 5.91 Å². The van der Waals surface area contributed by atoms with Crippen LogP contribution >= 0.6 is 0 Å². The number of ether oxygens (including phenoxy) is 2. The van der Waals surface area contributed by atoms with Crippen LogP contribution in [0, 0.1) is 0 Å². The molecule has 0 atom stereocenters. The smallest absolute Gasteiger partial charge is 0.255 e. The average Bonchev–Trinajstić information content (AvgIpc) is 2.69. The van der Waals surface area contributed by atoms with Crippen LogP contribution in [0.1, 0.15) is 10.4 Å². The molecule has 1 aliphatic heterocycles. The van der Waals surface area contributed by atoms with E-state index in [1.54, 1.807) is 31.5 Å². The molecular formula is C19H24N4O3. The Labute approximate surface area is 153 Å². The van der Waals surface area contributed by atoms with Crippen molar-refractivity contribution in [2.75, 3.05) is 57.1 Å². The predicted octanol–water partition coefficient (Wildman–Crippen LogP) is 2.09. The van der Waals surface area contributed by atoms with Crippen molar-refractivity contribution in [3.05, 3.63) is 48.2 Å². The number of methoxy groups -OCH3 is 1. The molecule has 1 aliphatic rings. The molecule has 3 rings (SSSR count). The maximum absolute atomic E-state index is 12.5. The van der Waals surface area contributed by atoms with E-state index in [9.17, 15) is 4.79 Å². The van der Waals surface area contributed by atoms with Crippen molar-refractivity contribution in [2.45, 2.75) is 0 Å². The first-order valence-electron chi connectivity index (χ1n) is 8.70. The number of carbonyl (C=O) groups excluding carboxylic acids is 1. The van der Waals surface area contributed by atoms with Gasteiger partial charge in [-0.1, -0.05) is 6.07 Å². The number of hydrogen-bond acceptors (Lipinski definition) is 6. The fourth-order valence-electron chi connectivity index (χ4n) is 2.74. The molecule has 0 radical (unpaired) electrons. The number of nitrogens with zero attached hydrogens (tertiary/aromatic N) is 2. The predicted molar refractivity (Wildman–Crippen MR) is 101 cm³/mol. The van der Waals surface area contributed by atoms with Crippen LogP contribution in [-0.2, 0) is 4.74 Å². The van der Waals surface area contributed by atoms with E-state index in [1.807, 2.05) is 18.2 Å². The van der Waals surface area contributed by atoms with E-state index in [0.29, 0.717) is 22.8 Å². The van der Waals surface area contributed by atoms with Gasteiger partial charge in [0.1, 0.15) is 11.6 Å². The van der Waals surface area contributed by atoms with Crippen LogP contribution in [0.25, 0.3) is 0 Å². The van der Waals surface area contributed by atoms with Crippen molar-refractivity contribution >= 4 is 17.4 Å². The van der Waals surface area contributed by atoms with Crippen LogP contribution in [0.15, 0.2) is 42.6 Å². The molecule has 0 spiro atoms. The highest BCUT2D eigenvalue weighted by Crippen LogP contribution is 2.18. The molecule has 1 aromatic carbocycles. The highest BCUT2D eigenvalue weighted by molar-refractivity contribution is 6.04. The Hall–Kier alpha value is -2.64. The maximum atomic E-state index is 12.5. The number of benzene rings is 1. The van der Waals surface area contributed by atoms with Crippen LogP contribution < -0.4 is 15.4 Å². The zero-order chi connectivity index (χ0) is 18.2. The van der Waals surface area contributed by atoms with Crippen LogP contribution in [-0.4, -0.2) is 62.3 Å². The fraction of sp³-hybridized carbons (Fsp3) is 0.368. The summed E-state index contributed by atoms with van der Waals surface area (Å²) in [5.74, 6) is 1.21. The van der Waals surface area contributed by atoms with Gasteiger partial charge >= 0.3 is 0 Å². The first kappa shape index (κ1) is 18.2. The number of hydrogen-bond donors (Lipinski definition) is 2. The molecule has 1 amide bonds. The first-order chi connectivity index (χ1) is 12.7. The van der Waals surface area contributed by atoms with Crippen molar-refractivity contribution in [3.63, 3.8) is 0 Å². The zero-order valence-corrected chi connectivity index (χ0v) is 14.9. The largest absolute Gasteiger partial charge is 0.497 e. The van der Waals surface area contributed by atoms with Gasteiger partial charge in [0.25, 0.3) is 5.91 Å². The topological polar surface area (TPSA) is 75.7 Å². The van der Waals surface area contributed by atoms with Gasteiger partial charge in [-0.15, -0.1) is 0 Å². The molecular weight excluding hydrogens is 332 g/mol. The van der Waals surface area contributed by atoms with Gasteiger partial charge in [-0.05, 0) is 24.3 Å². The molecule has 2 N–H and O–H groups in total. The number of rotatable bonds is 7. The molecule has 138 valence electrons. The molecule has 2 aromatic rings.